The minimum atomic E-state index is -3.81. The second-order valence-electron chi connectivity index (χ2n) is 2.16. The van der Waals surface area contributed by atoms with Gasteiger partial charge in [0, 0.05) is 0 Å². The van der Waals surface area contributed by atoms with Gasteiger partial charge in [-0.3, -0.25) is 4.79 Å². The van der Waals surface area contributed by atoms with Gasteiger partial charge in [-0.1, -0.05) is 0 Å². The zero-order valence-corrected chi connectivity index (χ0v) is 9.40. The lowest BCUT2D eigenvalue weighted by Crippen LogP contribution is -2.35. The van der Waals surface area contributed by atoms with Crippen molar-refractivity contribution in [3.63, 3.8) is 0 Å². The summed E-state index contributed by atoms with van der Waals surface area (Å²) >= 11 is 4.53. The Hall–Kier alpha value is -0.890. The summed E-state index contributed by atoms with van der Waals surface area (Å²) in [5, 5.41) is -0.281. The molecule has 0 aromatic rings. The van der Waals surface area contributed by atoms with Crippen LogP contribution in [-0.2, 0) is 24.3 Å². The van der Waals surface area contributed by atoms with E-state index in [1.807, 2.05) is 4.72 Å². The molecule has 0 aliphatic carbocycles. The van der Waals surface area contributed by atoms with Crippen LogP contribution in [0.3, 0.4) is 0 Å². The molecule has 0 saturated carbocycles. The second-order valence-corrected chi connectivity index (χ2v) is 4.25. The van der Waals surface area contributed by atoms with E-state index in [0.717, 1.165) is 7.11 Å². The Balaban J connectivity index is 4.21. The van der Waals surface area contributed by atoms with Crippen LogP contribution in [0.4, 0.5) is 0 Å². The van der Waals surface area contributed by atoms with Crippen molar-refractivity contribution in [2.45, 2.75) is 6.92 Å². The molecule has 1 N–H and O–H groups in total. The van der Waals surface area contributed by atoms with Crippen LogP contribution in [0, 0.1) is 0 Å². The maximum Gasteiger partial charge on any atom is 0.322 e. The third-order valence-corrected chi connectivity index (χ3v) is 2.51. The van der Waals surface area contributed by atoms with Crippen LogP contribution in [0.5, 0.6) is 0 Å². The fourth-order valence-corrected chi connectivity index (χ4v) is 1.85. The summed E-state index contributed by atoms with van der Waals surface area (Å²) in [6, 6.07) is 0. The van der Waals surface area contributed by atoms with Gasteiger partial charge in [0.05, 0.1) is 13.7 Å². The molecule has 0 aliphatic rings. The van der Waals surface area contributed by atoms with E-state index in [2.05, 4.69) is 21.7 Å². The molecule has 0 amide bonds. The Labute approximate surface area is 87.6 Å². The predicted molar refractivity (Wildman–Crippen MR) is 53.2 cm³/mol. The van der Waals surface area contributed by atoms with E-state index in [1.165, 1.54) is 0 Å². The molecule has 0 saturated heterocycles. The van der Waals surface area contributed by atoms with Gasteiger partial charge < -0.3 is 9.47 Å². The smallest absolute Gasteiger partial charge is 0.322 e. The van der Waals surface area contributed by atoms with E-state index >= 15 is 0 Å². The van der Waals surface area contributed by atoms with Gasteiger partial charge >= 0.3 is 5.97 Å². The van der Waals surface area contributed by atoms with Crippen LogP contribution < -0.4 is 4.72 Å². The first kappa shape index (κ1) is 13.1. The number of thiocarbonyl (C=S) groups is 1. The molecular weight excluding hydrogens is 230 g/mol. The predicted octanol–water partition coefficient (Wildman–Crippen LogP) is -0.600. The summed E-state index contributed by atoms with van der Waals surface area (Å²) in [7, 11) is -2.71. The van der Waals surface area contributed by atoms with Crippen molar-refractivity contribution in [3.8, 4) is 0 Å². The highest BCUT2D eigenvalue weighted by Crippen LogP contribution is 1.89. The number of nitrogens with one attached hydrogen (secondary N) is 1. The minimum absolute atomic E-state index is 0.250. The van der Waals surface area contributed by atoms with Crippen LogP contribution >= 0.6 is 12.2 Å². The van der Waals surface area contributed by atoms with Crippen molar-refractivity contribution in [1.82, 2.24) is 4.72 Å². The van der Waals surface area contributed by atoms with E-state index in [1.54, 1.807) is 6.92 Å². The Bertz CT molecular complexity index is 310. The maximum atomic E-state index is 11.1. The van der Waals surface area contributed by atoms with Crippen molar-refractivity contribution in [2.75, 3.05) is 19.5 Å². The first-order valence-corrected chi connectivity index (χ1v) is 5.71. The first-order valence-electron chi connectivity index (χ1n) is 3.65. The van der Waals surface area contributed by atoms with E-state index in [-0.39, 0.29) is 11.8 Å². The molecule has 14 heavy (non-hydrogen) atoms. The first-order chi connectivity index (χ1) is 6.41. The lowest BCUT2D eigenvalue weighted by atomic mass is 10.8. The van der Waals surface area contributed by atoms with Gasteiger partial charge in [0.1, 0.15) is 0 Å². The fourth-order valence-electron chi connectivity index (χ4n) is 0.538. The maximum absolute atomic E-state index is 11.1. The highest BCUT2D eigenvalue weighted by atomic mass is 32.2. The number of carbonyl (C=O) groups excluding carboxylic acids is 1. The van der Waals surface area contributed by atoms with Crippen LogP contribution in [0.1, 0.15) is 6.92 Å². The average Bonchev–Trinajstić information content (AvgIpc) is 2.02. The zero-order valence-electron chi connectivity index (χ0n) is 7.77. The average molecular weight is 241 g/mol. The Morgan fingerprint density at radius 1 is 1.50 bits per heavy atom. The summed E-state index contributed by atoms with van der Waals surface area (Å²) in [6.45, 7) is 1.90. The van der Waals surface area contributed by atoms with Gasteiger partial charge in [-0.25, -0.2) is 13.1 Å². The quantitative estimate of drug-likeness (QED) is 0.523. The Morgan fingerprint density at radius 3 is 2.50 bits per heavy atom. The zero-order chi connectivity index (χ0) is 11.2. The molecule has 0 bridgehead atoms. The standard InChI is InChI=1S/C6H11NO5S2/c1-3-12-6(13)7-14(9,10)4-5(8)11-2/h3-4H2,1-2H3,(H,7,13). The van der Waals surface area contributed by atoms with Crippen molar-refractivity contribution >= 4 is 33.4 Å². The molecule has 0 unspecified atom stereocenters. The number of hydrogen-bond acceptors (Lipinski definition) is 6. The monoisotopic (exact) mass is 241 g/mol. The number of rotatable bonds is 4. The second kappa shape index (κ2) is 5.76. The molecule has 0 spiro atoms. The van der Waals surface area contributed by atoms with E-state index in [9.17, 15) is 13.2 Å². The number of hydrogen-bond donors (Lipinski definition) is 1. The largest absolute Gasteiger partial charge is 0.471 e. The third-order valence-electron chi connectivity index (χ3n) is 1.05. The van der Waals surface area contributed by atoms with Crippen LogP contribution in [0.25, 0.3) is 0 Å². The van der Waals surface area contributed by atoms with E-state index < -0.39 is 21.7 Å². The molecule has 0 radical (unpaired) electrons. The highest BCUT2D eigenvalue weighted by molar-refractivity contribution is 7.92. The molecule has 0 rings (SSSR count). The summed E-state index contributed by atoms with van der Waals surface area (Å²) in [5.41, 5.74) is 0. The molecule has 0 aromatic heterocycles. The summed E-state index contributed by atoms with van der Waals surface area (Å²) in [5.74, 6) is -1.65. The molecule has 0 fully saturated rings. The molecule has 6 nitrogen and oxygen atoms in total. The molecule has 0 atom stereocenters. The summed E-state index contributed by atoms with van der Waals surface area (Å²) < 4.78 is 33.0. The van der Waals surface area contributed by atoms with Gasteiger partial charge in [0.15, 0.2) is 5.75 Å². The van der Waals surface area contributed by atoms with Crippen molar-refractivity contribution in [1.29, 1.82) is 0 Å². The molecule has 0 aromatic carbocycles. The number of methoxy groups -OCH3 is 1. The SMILES string of the molecule is CCOC(=S)NS(=O)(=O)CC(=O)OC. The van der Waals surface area contributed by atoms with Crippen LogP contribution in [0.15, 0.2) is 0 Å². The highest BCUT2D eigenvalue weighted by Gasteiger charge is 2.18. The van der Waals surface area contributed by atoms with Gasteiger partial charge in [0.2, 0.25) is 10.0 Å². The lowest BCUT2D eigenvalue weighted by molar-refractivity contribution is -0.137. The molecule has 8 heteroatoms. The third kappa shape index (κ3) is 5.70. The minimum Gasteiger partial charge on any atom is -0.471 e. The van der Waals surface area contributed by atoms with E-state index in [0.29, 0.717) is 0 Å². The van der Waals surface area contributed by atoms with Gasteiger partial charge in [-0.15, -0.1) is 0 Å². The van der Waals surface area contributed by atoms with E-state index in [4.69, 9.17) is 0 Å². The molecular formula is C6H11NO5S2. The lowest BCUT2D eigenvalue weighted by Gasteiger charge is -2.07. The summed E-state index contributed by atoms with van der Waals surface area (Å²) in [6.07, 6.45) is 0. The number of ether oxygens (including phenoxy) is 2. The molecule has 82 valence electrons. The van der Waals surface area contributed by atoms with Crippen molar-refractivity contribution < 1.29 is 22.7 Å². The van der Waals surface area contributed by atoms with Crippen LogP contribution in [0.2, 0.25) is 0 Å². The Kier molecular flexibility index (Phi) is 5.39. The van der Waals surface area contributed by atoms with Gasteiger partial charge in [-0.05, 0) is 19.1 Å². The normalized spacial score (nSPS) is 10.4. The molecule has 0 aliphatic heterocycles. The number of esters is 1. The van der Waals surface area contributed by atoms with Crippen molar-refractivity contribution in [2.24, 2.45) is 0 Å². The number of sulfonamides is 1. The van der Waals surface area contributed by atoms with Crippen LogP contribution in [-0.4, -0.2) is 39.0 Å². The van der Waals surface area contributed by atoms with Crippen molar-refractivity contribution in [3.05, 3.63) is 0 Å². The van der Waals surface area contributed by atoms with Gasteiger partial charge in [-0.2, -0.15) is 0 Å². The topological polar surface area (TPSA) is 81.7 Å². The summed E-state index contributed by atoms with van der Waals surface area (Å²) in [4.78, 5) is 10.6. The molecule has 0 heterocycles. The fraction of sp³-hybridized carbons (Fsp3) is 0.667. The van der Waals surface area contributed by atoms with Gasteiger partial charge in [0.25, 0.3) is 5.17 Å². The Morgan fingerprint density at radius 2 is 2.07 bits per heavy atom. The number of carbonyl (C=O) groups is 1.